The highest BCUT2D eigenvalue weighted by Crippen LogP contribution is 2.44. The number of nitrogens with two attached hydrogens (primary N) is 1. The van der Waals surface area contributed by atoms with Crippen LogP contribution in [-0.2, 0) is 6.42 Å². The Morgan fingerprint density at radius 2 is 2.08 bits per heavy atom. The average molecular weight is 332 g/mol. The predicted molar refractivity (Wildman–Crippen MR) is 99.4 cm³/mol. The number of hydrogen-bond acceptors (Lipinski definition) is 2. The minimum Gasteiger partial charge on any atom is -0.494 e. The molecule has 0 aliphatic heterocycles. The Hall–Kier alpha value is -1.51. The Labute approximate surface area is 147 Å². The van der Waals surface area contributed by atoms with Crippen LogP contribution in [0.25, 0.3) is 0 Å². The fourth-order valence-electron chi connectivity index (χ4n) is 3.83. The number of benzene rings is 1. The van der Waals surface area contributed by atoms with Crippen LogP contribution in [0.5, 0.6) is 5.75 Å². The molecule has 0 aromatic heterocycles. The van der Waals surface area contributed by atoms with Crippen molar-refractivity contribution >= 4 is 5.91 Å². The summed E-state index contributed by atoms with van der Waals surface area (Å²) >= 11 is 0. The third-order valence-electron chi connectivity index (χ3n) is 5.55. The van der Waals surface area contributed by atoms with Gasteiger partial charge >= 0.3 is 0 Å². The molecule has 1 fully saturated rings. The van der Waals surface area contributed by atoms with Crippen LogP contribution < -0.4 is 10.5 Å². The van der Waals surface area contributed by atoms with E-state index < -0.39 is 0 Å². The fourth-order valence-corrected chi connectivity index (χ4v) is 3.83. The van der Waals surface area contributed by atoms with Gasteiger partial charge in [-0.25, -0.2) is 0 Å². The summed E-state index contributed by atoms with van der Waals surface area (Å²) in [6.45, 7) is 7.62. The lowest BCUT2D eigenvalue weighted by atomic mass is 9.78. The van der Waals surface area contributed by atoms with Crippen LogP contribution in [-0.4, -0.2) is 12.5 Å². The Morgan fingerprint density at radius 3 is 2.71 bits per heavy atom. The lowest BCUT2D eigenvalue weighted by molar-refractivity contribution is 0.0998. The molecule has 2 rings (SSSR count). The summed E-state index contributed by atoms with van der Waals surface area (Å²) in [4.78, 5) is 11.8. The molecule has 1 aliphatic carbocycles. The molecule has 1 aromatic rings. The molecular weight excluding hydrogens is 298 g/mol. The van der Waals surface area contributed by atoms with Crippen LogP contribution in [0.2, 0.25) is 0 Å². The highest BCUT2D eigenvalue weighted by molar-refractivity contribution is 5.94. The Balaban J connectivity index is 2.06. The summed E-state index contributed by atoms with van der Waals surface area (Å²) in [5.41, 5.74) is 7.62. The van der Waals surface area contributed by atoms with Crippen LogP contribution in [0.15, 0.2) is 18.2 Å². The minimum absolute atomic E-state index is 0.338. The summed E-state index contributed by atoms with van der Waals surface area (Å²) in [6, 6.07) is 5.75. The van der Waals surface area contributed by atoms with Crippen LogP contribution in [0, 0.1) is 11.3 Å². The highest BCUT2D eigenvalue weighted by Gasteiger charge is 2.34. The molecule has 0 heterocycles. The number of ether oxygens (including phenoxy) is 1. The van der Waals surface area contributed by atoms with E-state index in [2.05, 4.69) is 20.8 Å². The second kappa shape index (κ2) is 8.55. The minimum atomic E-state index is -0.338. The first-order valence-electron chi connectivity index (χ1n) is 9.49. The van der Waals surface area contributed by atoms with E-state index in [0.29, 0.717) is 16.9 Å². The van der Waals surface area contributed by atoms with E-state index in [1.54, 1.807) is 0 Å². The van der Waals surface area contributed by atoms with Gasteiger partial charge < -0.3 is 10.5 Å². The first kappa shape index (κ1) is 18.8. The van der Waals surface area contributed by atoms with Crippen molar-refractivity contribution in [3.63, 3.8) is 0 Å². The van der Waals surface area contributed by atoms with Crippen LogP contribution in [0.3, 0.4) is 0 Å². The molecule has 0 radical (unpaired) electrons. The number of unbranched alkanes of at least 4 members (excludes halogenated alkanes) is 3. The number of primary amides is 1. The molecule has 1 amide bonds. The van der Waals surface area contributed by atoms with Gasteiger partial charge in [-0.1, -0.05) is 46.5 Å². The van der Waals surface area contributed by atoms with E-state index in [0.717, 1.165) is 30.8 Å². The molecule has 1 aliphatic rings. The zero-order valence-electron chi connectivity index (χ0n) is 15.6. The first-order valence-corrected chi connectivity index (χ1v) is 9.49. The summed E-state index contributed by atoms with van der Waals surface area (Å²) in [6.07, 6.45) is 9.45. The third-order valence-corrected chi connectivity index (χ3v) is 5.55. The molecule has 1 aromatic carbocycles. The van der Waals surface area contributed by atoms with E-state index in [9.17, 15) is 4.79 Å². The number of carbonyl (C=O) groups is 1. The van der Waals surface area contributed by atoms with Gasteiger partial charge in [0.25, 0.3) is 0 Å². The average Bonchev–Trinajstić information content (AvgIpc) is 2.86. The van der Waals surface area contributed by atoms with Gasteiger partial charge in [0.05, 0.1) is 6.61 Å². The lowest BCUT2D eigenvalue weighted by Gasteiger charge is -2.27. The predicted octanol–water partition coefficient (Wildman–Crippen LogP) is 5.11. The maximum Gasteiger partial charge on any atom is 0.248 e. The molecule has 0 bridgehead atoms. The number of hydrogen-bond donors (Lipinski definition) is 1. The van der Waals surface area contributed by atoms with Crippen LogP contribution in [0.4, 0.5) is 0 Å². The third kappa shape index (κ3) is 4.99. The molecule has 0 saturated heterocycles. The normalized spacial score (nSPS) is 19.4. The zero-order valence-corrected chi connectivity index (χ0v) is 15.6. The van der Waals surface area contributed by atoms with Gasteiger partial charge in [0.15, 0.2) is 0 Å². The molecule has 24 heavy (non-hydrogen) atoms. The summed E-state index contributed by atoms with van der Waals surface area (Å²) in [7, 11) is 0. The molecule has 1 saturated carbocycles. The highest BCUT2D eigenvalue weighted by atomic mass is 16.5. The maximum atomic E-state index is 11.8. The van der Waals surface area contributed by atoms with E-state index >= 15 is 0 Å². The second-order valence-corrected chi connectivity index (χ2v) is 7.87. The van der Waals surface area contributed by atoms with Crippen molar-refractivity contribution in [3.8, 4) is 5.75 Å². The maximum absolute atomic E-state index is 11.8. The quantitative estimate of drug-likeness (QED) is 0.639. The largest absolute Gasteiger partial charge is 0.494 e. The SMILES string of the molecule is CCCCCCOc1ccc(C(N)=O)c(CC2CCCC2(C)C)c1. The Bertz CT molecular complexity index is 551. The summed E-state index contributed by atoms with van der Waals surface area (Å²) in [5.74, 6) is 1.13. The van der Waals surface area contributed by atoms with Crippen molar-refractivity contribution < 1.29 is 9.53 Å². The molecule has 2 N–H and O–H groups in total. The molecule has 0 spiro atoms. The van der Waals surface area contributed by atoms with Crippen LogP contribution >= 0.6 is 0 Å². The van der Waals surface area contributed by atoms with Crippen molar-refractivity contribution in [1.29, 1.82) is 0 Å². The van der Waals surface area contributed by atoms with Crippen molar-refractivity contribution in [3.05, 3.63) is 29.3 Å². The zero-order chi connectivity index (χ0) is 17.6. The number of carbonyl (C=O) groups excluding carboxylic acids is 1. The fraction of sp³-hybridized carbons (Fsp3) is 0.667. The van der Waals surface area contributed by atoms with Crippen LogP contribution in [0.1, 0.15) is 81.6 Å². The molecular formula is C21H33NO2. The Morgan fingerprint density at radius 1 is 1.29 bits per heavy atom. The lowest BCUT2D eigenvalue weighted by Crippen LogP contribution is -2.22. The first-order chi connectivity index (χ1) is 11.4. The van der Waals surface area contributed by atoms with E-state index in [1.165, 1.54) is 38.5 Å². The number of amides is 1. The summed E-state index contributed by atoms with van der Waals surface area (Å²) < 4.78 is 5.89. The van der Waals surface area contributed by atoms with Crippen molar-refractivity contribution in [2.75, 3.05) is 6.61 Å². The molecule has 1 unspecified atom stereocenters. The molecule has 3 heteroatoms. The van der Waals surface area contributed by atoms with Gasteiger partial charge in [0.2, 0.25) is 5.91 Å². The van der Waals surface area contributed by atoms with Crippen molar-refractivity contribution in [2.45, 2.75) is 72.1 Å². The monoisotopic (exact) mass is 331 g/mol. The van der Waals surface area contributed by atoms with Gasteiger partial charge in [0, 0.05) is 5.56 Å². The second-order valence-electron chi connectivity index (χ2n) is 7.87. The smallest absolute Gasteiger partial charge is 0.248 e. The van der Waals surface area contributed by atoms with Crippen molar-refractivity contribution in [1.82, 2.24) is 0 Å². The molecule has 134 valence electrons. The van der Waals surface area contributed by atoms with Crippen molar-refractivity contribution in [2.24, 2.45) is 17.1 Å². The number of rotatable bonds is 9. The Kier molecular flexibility index (Phi) is 6.70. The van der Waals surface area contributed by atoms with Gasteiger partial charge in [-0.2, -0.15) is 0 Å². The van der Waals surface area contributed by atoms with E-state index in [4.69, 9.17) is 10.5 Å². The van der Waals surface area contributed by atoms with Gasteiger partial charge in [0.1, 0.15) is 5.75 Å². The van der Waals surface area contributed by atoms with Gasteiger partial charge in [-0.3, -0.25) is 4.79 Å². The molecule has 3 nitrogen and oxygen atoms in total. The topological polar surface area (TPSA) is 52.3 Å². The van der Waals surface area contributed by atoms with Gasteiger partial charge in [-0.05, 0) is 60.8 Å². The van der Waals surface area contributed by atoms with E-state index in [1.807, 2.05) is 18.2 Å². The standard InChI is InChI=1S/C21H33NO2/c1-4-5-6-7-13-24-18-10-11-19(20(22)23)16(15-18)14-17-9-8-12-21(17,2)3/h10-11,15,17H,4-9,12-14H2,1-3H3,(H2,22,23). The van der Waals surface area contributed by atoms with E-state index in [-0.39, 0.29) is 5.91 Å². The molecule has 1 atom stereocenters. The van der Waals surface area contributed by atoms with Gasteiger partial charge in [-0.15, -0.1) is 0 Å². The summed E-state index contributed by atoms with van der Waals surface area (Å²) in [5, 5.41) is 0.